The maximum atomic E-state index is 5.62. The van der Waals surface area contributed by atoms with Crippen molar-refractivity contribution in [2.24, 2.45) is 0 Å². The molecule has 0 fully saturated rings. The van der Waals surface area contributed by atoms with Crippen molar-refractivity contribution in [1.29, 1.82) is 0 Å². The van der Waals surface area contributed by atoms with Gasteiger partial charge in [0.15, 0.2) is 0 Å². The van der Waals surface area contributed by atoms with Gasteiger partial charge in [0.05, 0.1) is 12.3 Å². The van der Waals surface area contributed by atoms with Crippen LogP contribution in [0.4, 0.5) is 0 Å². The summed E-state index contributed by atoms with van der Waals surface area (Å²) in [6, 6.07) is 6.41. The molecule has 0 saturated heterocycles. The lowest BCUT2D eigenvalue weighted by molar-refractivity contribution is 0.356. The molecule has 1 aliphatic heterocycles. The van der Waals surface area contributed by atoms with Crippen LogP contribution in [0.25, 0.3) is 11.3 Å². The first-order valence-electron chi connectivity index (χ1n) is 6.35. The topological polar surface area (TPSA) is 22.1 Å². The van der Waals surface area contributed by atoms with E-state index in [4.69, 9.17) is 4.74 Å². The van der Waals surface area contributed by atoms with Gasteiger partial charge >= 0.3 is 0 Å². The molecule has 2 aromatic rings. The molecule has 0 N–H and O–H groups in total. The molecular formula is C16H17NO. The van der Waals surface area contributed by atoms with Gasteiger partial charge in [-0.1, -0.05) is 17.7 Å². The minimum atomic E-state index is 0.776. The Hall–Kier alpha value is -1.83. The normalized spacial score (nSPS) is 13.3. The van der Waals surface area contributed by atoms with Gasteiger partial charge < -0.3 is 4.74 Å². The zero-order chi connectivity index (χ0) is 12.7. The molecular weight excluding hydrogens is 222 g/mol. The summed E-state index contributed by atoms with van der Waals surface area (Å²) in [5, 5.41) is 0. The molecule has 0 aliphatic carbocycles. The van der Waals surface area contributed by atoms with Crippen molar-refractivity contribution in [3.05, 3.63) is 46.6 Å². The van der Waals surface area contributed by atoms with Gasteiger partial charge in [0.2, 0.25) is 0 Å². The fourth-order valence-corrected chi connectivity index (χ4v) is 2.88. The summed E-state index contributed by atoms with van der Waals surface area (Å²) in [6.07, 6.45) is 2.81. The van der Waals surface area contributed by atoms with Gasteiger partial charge in [-0.05, 0) is 38.0 Å². The number of nitrogens with zero attached hydrogens (tertiary/aromatic N) is 1. The number of rotatable bonds is 1. The van der Waals surface area contributed by atoms with Gasteiger partial charge in [-0.3, -0.25) is 4.98 Å². The molecule has 0 amide bonds. The fourth-order valence-electron chi connectivity index (χ4n) is 2.88. The largest absolute Gasteiger partial charge is 0.493 e. The minimum absolute atomic E-state index is 0.776. The van der Waals surface area contributed by atoms with Crippen LogP contribution < -0.4 is 4.74 Å². The van der Waals surface area contributed by atoms with E-state index in [-0.39, 0.29) is 0 Å². The molecule has 92 valence electrons. The van der Waals surface area contributed by atoms with E-state index < -0.39 is 0 Å². The standard InChI is InChI=1S/C16H17NO/c1-10-8-11(2)15(12(3)9-10)16-13-5-7-18-14(13)4-6-17-16/h4,6,8-9H,5,7H2,1-3H3. The van der Waals surface area contributed by atoms with Crippen LogP contribution in [0.5, 0.6) is 5.75 Å². The molecule has 2 heteroatoms. The number of ether oxygens (including phenoxy) is 1. The number of pyridine rings is 1. The molecule has 18 heavy (non-hydrogen) atoms. The first kappa shape index (κ1) is 11.3. The van der Waals surface area contributed by atoms with Gasteiger partial charge in [0, 0.05) is 23.7 Å². The van der Waals surface area contributed by atoms with Crippen LogP contribution in [-0.2, 0) is 6.42 Å². The van der Waals surface area contributed by atoms with E-state index in [2.05, 4.69) is 37.9 Å². The maximum absolute atomic E-state index is 5.62. The molecule has 1 aromatic carbocycles. The summed E-state index contributed by atoms with van der Waals surface area (Å²) < 4.78 is 5.62. The highest BCUT2D eigenvalue weighted by Gasteiger charge is 2.20. The predicted octanol–water partition coefficient (Wildman–Crippen LogP) is 3.61. The Morgan fingerprint density at radius 2 is 1.83 bits per heavy atom. The van der Waals surface area contributed by atoms with E-state index >= 15 is 0 Å². The summed E-state index contributed by atoms with van der Waals surface area (Å²) in [5.74, 6) is 0.999. The SMILES string of the molecule is Cc1cc(C)c(-c2nccc3c2CCO3)c(C)c1. The van der Waals surface area contributed by atoms with Crippen LogP contribution in [0.1, 0.15) is 22.3 Å². The molecule has 3 rings (SSSR count). The Kier molecular flexibility index (Phi) is 2.58. The van der Waals surface area contributed by atoms with Crippen molar-refractivity contribution in [3.63, 3.8) is 0 Å². The summed E-state index contributed by atoms with van der Waals surface area (Å²) in [5.41, 5.74) is 7.51. The molecule has 0 saturated carbocycles. The van der Waals surface area contributed by atoms with Crippen molar-refractivity contribution in [3.8, 4) is 17.0 Å². The van der Waals surface area contributed by atoms with Gasteiger partial charge in [0.25, 0.3) is 0 Å². The van der Waals surface area contributed by atoms with Crippen molar-refractivity contribution < 1.29 is 4.74 Å². The van der Waals surface area contributed by atoms with Crippen LogP contribution in [0.15, 0.2) is 24.4 Å². The monoisotopic (exact) mass is 239 g/mol. The van der Waals surface area contributed by atoms with E-state index in [0.717, 1.165) is 24.5 Å². The number of aromatic nitrogens is 1. The fraction of sp³-hybridized carbons (Fsp3) is 0.312. The van der Waals surface area contributed by atoms with Crippen molar-refractivity contribution in [1.82, 2.24) is 4.98 Å². The van der Waals surface area contributed by atoms with Gasteiger partial charge in [0.1, 0.15) is 5.75 Å². The Bertz CT molecular complexity index is 593. The van der Waals surface area contributed by atoms with Gasteiger partial charge in [-0.25, -0.2) is 0 Å². The number of fused-ring (bicyclic) bond motifs is 1. The predicted molar refractivity (Wildman–Crippen MR) is 73.1 cm³/mol. The van der Waals surface area contributed by atoms with Crippen molar-refractivity contribution >= 4 is 0 Å². The van der Waals surface area contributed by atoms with Gasteiger partial charge in [-0.15, -0.1) is 0 Å². The zero-order valence-electron chi connectivity index (χ0n) is 11.1. The molecule has 0 bridgehead atoms. The number of benzene rings is 1. The lowest BCUT2D eigenvalue weighted by Crippen LogP contribution is -1.96. The summed E-state index contributed by atoms with van der Waals surface area (Å²) in [6.45, 7) is 7.23. The Morgan fingerprint density at radius 1 is 1.11 bits per heavy atom. The number of hydrogen-bond donors (Lipinski definition) is 0. The molecule has 1 aromatic heterocycles. The zero-order valence-corrected chi connectivity index (χ0v) is 11.1. The Labute approximate surface area is 108 Å². The Balaban J connectivity index is 2.25. The van der Waals surface area contributed by atoms with E-state index in [1.165, 1.54) is 27.8 Å². The minimum Gasteiger partial charge on any atom is -0.493 e. The average molecular weight is 239 g/mol. The average Bonchev–Trinajstić information content (AvgIpc) is 2.76. The highest BCUT2D eigenvalue weighted by atomic mass is 16.5. The van der Waals surface area contributed by atoms with Crippen molar-refractivity contribution in [2.45, 2.75) is 27.2 Å². The quantitative estimate of drug-likeness (QED) is 0.758. The van der Waals surface area contributed by atoms with Gasteiger partial charge in [-0.2, -0.15) is 0 Å². The third-order valence-electron chi connectivity index (χ3n) is 3.54. The second-order valence-electron chi connectivity index (χ2n) is 5.01. The summed E-state index contributed by atoms with van der Waals surface area (Å²) >= 11 is 0. The number of aryl methyl sites for hydroxylation is 3. The molecule has 0 spiro atoms. The lowest BCUT2D eigenvalue weighted by atomic mass is 9.94. The van der Waals surface area contributed by atoms with Crippen LogP contribution in [0.2, 0.25) is 0 Å². The smallest absolute Gasteiger partial charge is 0.126 e. The molecule has 2 heterocycles. The van der Waals surface area contributed by atoms with Crippen LogP contribution in [0.3, 0.4) is 0 Å². The highest BCUT2D eigenvalue weighted by Crippen LogP contribution is 2.36. The van der Waals surface area contributed by atoms with Crippen LogP contribution in [0, 0.1) is 20.8 Å². The summed E-state index contributed by atoms with van der Waals surface area (Å²) in [4.78, 5) is 4.59. The van der Waals surface area contributed by atoms with E-state index in [9.17, 15) is 0 Å². The second kappa shape index (κ2) is 4.13. The third-order valence-corrected chi connectivity index (χ3v) is 3.54. The highest BCUT2D eigenvalue weighted by molar-refractivity contribution is 5.73. The maximum Gasteiger partial charge on any atom is 0.126 e. The first-order valence-corrected chi connectivity index (χ1v) is 6.35. The molecule has 1 aliphatic rings. The van der Waals surface area contributed by atoms with Crippen LogP contribution in [-0.4, -0.2) is 11.6 Å². The van der Waals surface area contributed by atoms with Crippen molar-refractivity contribution in [2.75, 3.05) is 6.61 Å². The second-order valence-corrected chi connectivity index (χ2v) is 5.01. The molecule has 0 radical (unpaired) electrons. The first-order chi connectivity index (χ1) is 8.66. The lowest BCUT2D eigenvalue weighted by Gasteiger charge is -2.13. The number of hydrogen-bond acceptors (Lipinski definition) is 2. The molecule has 0 unspecified atom stereocenters. The van der Waals surface area contributed by atoms with Crippen LogP contribution >= 0.6 is 0 Å². The third kappa shape index (κ3) is 1.69. The van der Waals surface area contributed by atoms with E-state index in [1.807, 2.05) is 12.3 Å². The summed E-state index contributed by atoms with van der Waals surface area (Å²) in [7, 11) is 0. The van der Waals surface area contributed by atoms with E-state index in [0.29, 0.717) is 0 Å². The molecule has 2 nitrogen and oxygen atoms in total. The Morgan fingerprint density at radius 3 is 2.56 bits per heavy atom. The van der Waals surface area contributed by atoms with E-state index in [1.54, 1.807) is 0 Å². The molecule has 0 atom stereocenters.